The standard InChI is InChI=1S/C23H34N2O5/c1-16(2)10-8-9-13-19(26)24-15-20(27)25-18(14-17-11-6-5-7-12-17)21(28)23(3,4)22(29)30/h5-7,11-12,16,18H,8-10,13-15H2,1-4H3,(H,24,26)(H,25,27)(H,29,30). The van der Waals surface area contributed by atoms with Crippen LogP contribution in [0.25, 0.3) is 0 Å². The lowest BCUT2D eigenvalue weighted by Crippen LogP contribution is -2.52. The number of carbonyl (C=O) groups excluding carboxylic acids is 3. The molecule has 0 bridgehead atoms. The van der Waals surface area contributed by atoms with Gasteiger partial charge in [0.1, 0.15) is 5.41 Å². The largest absolute Gasteiger partial charge is 0.481 e. The van der Waals surface area contributed by atoms with Crippen LogP contribution in [0.4, 0.5) is 0 Å². The maximum absolute atomic E-state index is 12.8. The van der Waals surface area contributed by atoms with Crippen molar-refractivity contribution in [1.82, 2.24) is 10.6 Å². The van der Waals surface area contributed by atoms with Crippen molar-refractivity contribution in [3.63, 3.8) is 0 Å². The van der Waals surface area contributed by atoms with Gasteiger partial charge in [-0.05, 0) is 38.2 Å². The zero-order valence-corrected chi connectivity index (χ0v) is 18.4. The first-order valence-electron chi connectivity index (χ1n) is 10.4. The number of amides is 2. The Bertz CT molecular complexity index is 728. The molecule has 0 spiro atoms. The molecule has 0 aliphatic rings. The summed E-state index contributed by atoms with van der Waals surface area (Å²) in [5.74, 6) is -2.00. The average Bonchev–Trinajstić information content (AvgIpc) is 2.69. The molecule has 30 heavy (non-hydrogen) atoms. The summed E-state index contributed by atoms with van der Waals surface area (Å²) in [4.78, 5) is 48.6. The summed E-state index contributed by atoms with van der Waals surface area (Å²) in [6.07, 6.45) is 3.28. The van der Waals surface area contributed by atoms with Crippen molar-refractivity contribution in [2.45, 2.75) is 65.8 Å². The molecule has 0 radical (unpaired) electrons. The SMILES string of the molecule is CC(C)CCCCC(=O)NCC(=O)NC(Cc1ccccc1)C(=O)C(C)(C)C(=O)O. The molecule has 1 rings (SSSR count). The fourth-order valence-corrected chi connectivity index (χ4v) is 2.95. The van der Waals surface area contributed by atoms with Crippen LogP contribution in [0.2, 0.25) is 0 Å². The molecular weight excluding hydrogens is 384 g/mol. The molecule has 1 aromatic rings. The molecule has 7 heteroatoms. The van der Waals surface area contributed by atoms with Gasteiger partial charge in [0.15, 0.2) is 5.78 Å². The maximum atomic E-state index is 12.8. The third-order valence-corrected chi connectivity index (χ3v) is 4.97. The first kappa shape index (κ1) is 25.3. The Morgan fingerprint density at radius 1 is 1.00 bits per heavy atom. The third kappa shape index (κ3) is 8.76. The predicted molar refractivity (Wildman–Crippen MR) is 115 cm³/mol. The van der Waals surface area contributed by atoms with E-state index in [0.717, 1.165) is 24.8 Å². The number of carboxylic acid groups (broad SMARTS) is 1. The molecule has 1 unspecified atom stereocenters. The van der Waals surface area contributed by atoms with Crippen LogP contribution in [-0.2, 0) is 25.6 Å². The molecule has 0 heterocycles. The molecular formula is C23H34N2O5. The lowest BCUT2D eigenvalue weighted by Gasteiger charge is -2.25. The summed E-state index contributed by atoms with van der Waals surface area (Å²) in [7, 11) is 0. The Balaban J connectivity index is 2.67. The van der Waals surface area contributed by atoms with Crippen molar-refractivity contribution in [3.8, 4) is 0 Å². The fraction of sp³-hybridized carbons (Fsp3) is 0.565. The first-order chi connectivity index (χ1) is 14.0. The zero-order valence-electron chi connectivity index (χ0n) is 18.4. The summed E-state index contributed by atoms with van der Waals surface area (Å²) >= 11 is 0. The van der Waals surface area contributed by atoms with Crippen LogP contribution in [0.3, 0.4) is 0 Å². The second-order valence-corrected chi connectivity index (χ2v) is 8.52. The molecule has 0 aromatic heterocycles. The normalized spacial score (nSPS) is 12.3. The van der Waals surface area contributed by atoms with Gasteiger partial charge in [-0.2, -0.15) is 0 Å². The zero-order chi connectivity index (χ0) is 22.7. The van der Waals surface area contributed by atoms with Crippen LogP contribution >= 0.6 is 0 Å². The van der Waals surface area contributed by atoms with Gasteiger partial charge in [-0.15, -0.1) is 0 Å². The maximum Gasteiger partial charge on any atom is 0.316 e. The molecule has 166 valence electrons. The van der Waals surface area contributed by atoms with Crippen LogP contribution in [0.1, 0.15) is 58.9 Å². The molecule has 7 nitrogen and oxygen atoms in total. The van der Waals surface area contributed by atoms with E-state index < -0.39 is 29.1 Å². The number of unbranched alkanes of at least 4 members (excludes halogenated alkanes) is 1. The topological polar surface area (TPSA) is 113 Å². The Hall–Kier alpha value is -2.70. The van der Waals surface area contributed by atoms with Gasteiger partial charge in [0.05, 0.1) is 12.6 Å². The average molecular weight is 419 g/mol. The highest BCUT2D eigenvalue weighted by atomic mass is 16.4. The highest BCUT2D eigenvalue weighted by Gasteiger charge is 2.40. The van der Waals surface area contributed by atoms with Crippen molar-refractivity contribution in [2.24, 2.45) is 11.3 Å². The Morgan fingerprint density at radius 2 is 1.63 bits per heavy atom. The molecule has 0 saturated carbocycles. The van der Waals surface area contributed by atoms with E-state index in [1.165, 1.54) is 13.8 Å². The van der Waals surface area contributed by atoms with Gasteiger partial charge in [-0.25, -0.2) is 0 Å². The molecule has 1 aromatic carbocycles. The number of rotatable bonds is 13. The first-order valence-corrected chi connectivity index (χ1v) is 10.4. The van der Waals surface area contributed by atoms with E-state index >= 15 is 0 Å². The van der Waals surface area contributed by atoms with Crippen molar-refractivity contribution >= 4 is 23.6 Å². The number of aliphatic carboxylic acids is 1. The lowest BCUT2D eigenvalue weighted by molar-refractivity contribution is -0.154. The van der Waals surface area contributed by atoms with Gasteiger partial charge < -0.3 is 15.7 Å². The van der Waals surface area contributed by atoms with E-state index in [4.69, 9.17) is 0 Å². The minimum atomic E-state index is -1.65. The number of nitrogens with one attached hydrogen (secondary N) is 2. The molecule has 0 aliphatic heterocycles. The molecule has 0 aliphatic carbocycles. The molecule has 1 atom stereocenters. The summed E-state index contributed by atoms with van der Waals surface area (Å²) < 4.78 is 0. The number of carbonyl (C=O) groups is 4. The predicted octanol–water partition coefficient (Wildman–Crippen LogP) is 2.73. The lowest BCUT2D eigenvalue weighted by atomic mass is 9.82. The Morgan fingerprint density at radius 3 is 2.20 bits per heavy atom. The number of Topliss-reactive ketones (excluding diaryl/α,β-unsaturated/α-hetero) is 1. The number of hydrogen-bond acceptors (Lipinski definition) is 4. The number of ketones is 1. The monoisotopic (exact) mass is 418 g/mol. The minimum absolute atomic E-state index is 0.172. The smallest absolute Gasteiger partial charge is 0.316 e. The van der Waals surface area contributed by atoms with Crippen LogP contribution < -0.4 is 10.6 Å². The second kappa shape index (κ2) is 12.1. The van der Waals surface area contributed by atoms with Gasteiger partial charge in [-0.1, -0.05) is 57.0 Å². The van der Waals surface area contributed by atoms with E-state index in [0.29, 0.717) is 12.3 Å². The molecule has 3 N–H and O–H groups in total. The van der Waals surface area contributed by atoms with Crippen LogP contribution in [0.15, 0.2) is 30.3 Å². The second-order valence-electron chi connectivity index (χ2n) is 8.52. The molecule has 2 amide bonds. The quantitative estimate of drug-likeness (QED) is 0.337. The van der Waals surface area contributed by atoms with E-state index in [2.05, 4.69) is 24.5 Å². The summed E-state index contributed by atoms with van der Waals surface area (Å²) in [5.41, 5.74) is -0.849. The summed E-state index contributed by atoms with van der Waals surface area (Å²) in [5, 5.41) is 14.5. The highest BCUT2D eigenvalue weighted by molar-refractivity contribution is 6.06. The van der Waals surface area contributed by atoms with Crippen molar-refractivity contribution in [2.75, 3.05) is 6.54 Å². The van der Waals surface area contributed by atoms with Crippen LogP contribution in [-0.4, -0.2) is 41.3 Å². The summed E-state index contributed by atoms with van der Waals surface area (Å²) in [6.45, 7) is 6.64. The van der Waals surface area contributed by atoms with Crippen molar-refractivity contribution in [3.05, 3.63) is 35.9 Å². The van der Waals surface area contributed by atoms with Gasteiger partial charge in [0.2, 0.25) is 11.8 Å². The summed E-state index contributed by atoms with van der Waals surface area (Å²) in [6, 6.07) is 8.05. The van der Waals surface area contributed by atoms with Gasteiger partial charge in [-0.3, -0.25) is 19.2 Å². The van der Waals surface area contributed by atoms with Gasteiger partial charge in [0.25, 0.3) is 0 Å². The van der Waals surface area contributed by atoms with E-state index in [-0.39, 0.29) is 18.9 Å². The number of hydrogen-bond donors (Lipinski definition) is 3. The van der Waals surface area contributed by atoms with Crippen LogP contribution in [0.5, 0.6) is 0 Å². The Kier molecular flexibility index (Phi) is 10.2. The van der Waals surface area contributed by atoms with E-state index in [1.54, 1.807) is 24.3 Å². The molecule has 0 fully saturated rings. The van der Waals surface area contributed by atoms with E-state index in [1.807, 2.05) is 6.07 Å². The molecule has 0 saturated heterocycles. The van der Waals surface area contributed by atoms with Gasteiger partial charge >= 0.3 is 5.97 Å². The number of benzene rings is 1. The van der Waals surface area contributed by atoms with Crippen LogP contribution in [0, 0.1) is 11.3 Å². The fourth-order valence-electron chi connectivity index (χ4n) is 2.95. The Labute approximate surface area is 178 Å². The van der Waals surface area contributed by atoms with Crippen molar-refractivity contribution in [1.29, 1.82) is 0 Å². The highest BCUT2D eigenvalue weighted by Crippen LogP contribution is 2.21. The van der Waals surface area contributed by atoms with Gasteiger partial charge in [0, 0.05) is 6.42 Å². The van der Waals surface area contributed by atoms with Crippen molar-refractivity contribution < 1.29 is 24.3 Å². The third-order valence-electron chi connectivity index (χ3n) is 4.97. The van der Waals surface area contributed by atoms with E-state index in [9.17, 15) is 24.3 Å². The minimum Gasteiger partial charge on any atom is -0.481 e. The number of carboxylic acids is 1.